The number of hydrogen-bond acceptors (Lipinski definition) is 7. The van der Waals surface area contributed by atoms with Crippen LogP contribution in [0.1, 0.15) is 23.2 Å². The summed E-state index contributed by atoms with van der Waals surface area (Å²) < 4.78 is 29.1. The molecule has 178 valence electrons. The summed E-state index contributed by atoms with van der Waals surface area (Å²) in [6, 6.07) is 12.6. The van der Waals surface area contributed by atoms with Gasteiger partial charge in [-0.2, -0.15) is 0 Å². The summed E-state index contributed by atoms with van der Waals surface area (Å²) >= 11 is 0. The molecule has 1 atom stereocenters. The maximum atomic E-state index is 13.0. The maximum Gasteiger partial charge on any atom is 0.325 e. The number of carbonyl (C=O) groups excluding carboxylic acids is 2. The van der Waals surface area contributed by atoms with E-state index in [1.165, 1.54) is 19.2 Å². The van der Waals surface area contributed by atoms with Gasteiger partial charge in [0.15, 0.2) is 0 Å². The number of aliphatic hydroxyl groups is 1. The van der Waals surface area contributed by atoms with Crippen molar-refractivity contribution in [3.8, 4) is 11.5 Å². The van der Waals surface area contributed by atoms with Gasteiger partial charge in [0.25, 0.3) is 5.91 Å². The summed E-state index contributed by atoms with van der Waals surface area (Å²) in [6.07, 6.45) is 0.906. The highest BCUT2D eigenvalue weighted by Crippen LogP contribution is 2.21. The summed E-state index contributed by atoms with van der Waals surface area (Å²) in [5.74, 6) is -0.335. The van der Waals surface area contributed by atoms with Crippen molar-refractivity contribution in [2.75, 3.05) is 39.9 Å². The highest BCUT2D eigenvalue weighted by Gasteiger charge is 2.23. The van der Waals surface area contributed by atoms with E-state index in [4.69, 9.17) is 9.47 Å². The van der Waals surface area contributed by atoms with Crippen LogP contribution < -0.4 is 14.8 Å². The van der Waals surface area contributed by atoms with Crippen LogP contribution in [-0.2, 0) is 9.53 Å². The van der Waals surface area contributed by atoms with E-state index in [1.54, 1.807) is 36.4 Å². The second-order valence-electron chi connectivity index (χ2n) is 7.79. The number of nitrogens with zero attached hydrogens (tertiary/aromatic N) is 1. The minimum atomic E-state index is -0.745. The fourth-order valence-electron chi connectivity index (χ4n) is 3.55. The zero-order valence-electron chi connectivity index (χ0n) is 18.5. The first kappa shape index (κ1) is 24.5. The number of aliphatic hydroxyl groups excluding tert-OH is 1. The van der Waals surface area contributed by atoms with E-state index < -0.39 is 18.0 Å². The molecule has 0 bridgehead atoms. The Kier molecular flexibility index (Phi) is 9.03. The van der Waals surface area contributed by atoms with Crippen molar-refractivity contribution in [2.24, 2.45) is 0 Å². The minimum Gasteiger partial charge on any atom is -0.490 e. The van der Waals surface area contributed by atoms with Gasteiger partial charge in [-0.1, -0.05) is 12.1 Å². The highest BCUT2D eigenvalue weighted by atomic mass is 19.1. The number of rotatable bonds is 10. The molecule has 1 unspecified atom stereocenters. The number of piperidine rings is 1. The fourth-order valence-corrected chi connectivity index (χ4v) is 3.55. The lowest BCUT2D eigenvalue weighted by Gasteiger charge is -2.33. The number of carbonyl (C=O) groups is 2. The quantitative estimate of drug-likeness (QED) is 0.524. The molecule has 0 saturated carbocycles. The normalized spacial score (nSPS) is 15.5. The Balaban J connectivity index is 1.42. The zero-order chi connectivity index (χ0) is 23.6. The van der Waals surface area contributed by atoms with Gasteiger partial charge in [0.1, 0.15) is 42.7 Å². The average Bonchev–Trinajstić information content (AvgIpc) is 2.83. The molecule has 2 N–H and O–H groups in total. The molecule has 2 aromatic rings. The van der Waals surface area contributed by atoms with Crippen molar-refractivity contribution >= 4 is 11.9 Å². The average molecular weight is 461 g/mol. The first-order valence-corrected chi connectivity index (χ1v) is 10.8. The number of ether oxygens (including phenoxy) is 3. The van der Waals surface area contributed by atoms with Gasteiger partial charge < -0.3 is 29.5 Å². The van der Waals surface area contributed by atoms with E-state index in [1.807, 2.05) is 0 Å². The predicted octanol–water partition coefficient (Wildman–Crippen LogP) is 2.01. The molecule has 0 aliphatic carbocycles. The molecule has 8 nitrogen and oxygen atoms in total. The number of β-amino-alcohol motifs (C(OH)–C–C–N with tert-alkyl or cyclic N) is 1. The number of nitrogens with one attached hydrogen (secondary N) is 1. The number of benzene rings is 2. The molecular formula is C24H29FN2O6. The summed E-state index contributed by atoms with van der Waals surface area (Å²) in [5.41, 5.74) is 0.271. The summed E-state index contributed by atoms with van der Waals surface area (Å²) in [5, 5.41) is 12.9. The Hall–Kier alpha value is -3.17. The lowest BCUT2D eigenvalue weighted by atomic mass is 10.1. The molecule has 33 heavy (non-hydrogen) atoms. The van der Waals surface area contributed by atoms with Crippen LogP contribution in [0.5, 0.6) is 11.5 Å². The van der Waals surface area contributed by atoms with Crippen molar-refractivity contribution in [3.05, 3.63) is 59.9 Å². The van der Waals surface area contributed by atoms with Crippen LogP contribution in [0.3, 0.4) is 0 Å². The topological polar surface area (TPSA) is 97.3 Å². The van der Waals surface area contributed by atoms with Crippen molar-refractivity contribution in [2.45, 2.75) is 25.0 Å². The van der Waals surface area contributed by atoms with E-state index in [-0.39, 0.29) is 30.6 Å². The van der Waals surface area contributed by atoms with E-state index in [0.717, 1.165) is 25.9 Å². The molecule has 3 rings (SSSR count). The standard InChI is InChI=1S/C24H29FN2O6/c1-31-23(29)14-26-24(30)21-4-2-3-5-22(21)32-16-18(28)15-27-12-10-20(11-13-27)33-19-8-6-17(25)7-9-19/h2-9,18,20,28H,10-16H2,1H3,(H,26,30). The van der Waals surface area contributed by atoms with Crippen LogP contribution in [0, 0.1) is 5.82 Å². The summed E-state index contributed by atoms with van der Waals surface area (Å²) in [6.45, 7) is 1.73. The van der Waals surface area contributed by atoms with Crippen LogP contribution >= 0.6 is 0 Å². The second-order valence-corrected chi connectivity index (χ2v) is 7.79. The van der Waals surface area contributed by atoms with Gasteiger partial charge in [0.05, 0.1) is 12.7 Å². The number of esters is 1. The van der Waals surface area contributed by atoms with Crippen LogP contribution in [0.2, 0.25) is 0 Å². The van der Waals surface area contributed by atoms with Crippen molar-refractivity contribution in [1.29, 1.82) is 0 Å². The van der Waals surface area contributed by atoms with Crippen LogP contribution in [0.25, 0.3) is 0 Å². The SMILES string of the molecule is COC(=O)CNC(=O)c1ccccc1OCC(O)CN1CCC(Oc2ccc(F)cc2)CC1. The van der Waals surface area contributed by atoms with E-state index >= 15 is 0 Å². The van der Waals surface area contributed by atoms with Crippen molar-refractivity contribution < 1.29 is 33.3 Å². The Morgan fingerprint density at radius 3 is 2.55 bits per heavy atom. The fraction of sp³-hybridized carbons (Fsp3) is 0.417. The summed E-state index contributed by atoms with van der Waals surface area (Å²) in [4.78, 5) is 25.7. The highest BCUT2D eigenvalue weighted by molar-refractivity contribution is 5.98. The molecule has 1 amide bonds. The molecule has 1 aliphatic rings. The number of para-hydroxylation sites is 1. The Bertz CT molecular complexity index is 915. The maximum absolute atomic E-state index is 13.0. The van der Waals surface area contributed by atoms with Crippen LogP contribution in [-0.4, -0.2) is 74.0 Å². The number of methoxy groups -OCH3 is 1. The molecule has 0 spiro atoms. The molecule has 1 heterocycles. The van der Waals surface area contributed by atoms with Gasteiger partial charge >= 0.3 is 5.97 Å². The summed E-state index contributed by atoms with van der Waals surface area (Å²) in [7, 11) is 1.24. The monoisotopic (exact) mass is 460 g/mol. The van der Waals surface area contributed by atoms with Gasteiger partial charge in [-0.25, -0.2) is 4.39 Å². The Morgan fingerprint density at radius 2 is 1.85 bits per heavy atom. The molecule has 1 fully saturated rings. The van der Waals surface area contributed by atoms with Crippen molar-refractivity contribution in [1.82, 2.24) is 10.2 Å². The lowest BCUT2D eigenvalue weighted by molar-refractivity contribution is -0.139. The third-order valence-electron chi connectivity index (χ3n) is 5.30. The molecule has 0 radical (unpaired) electrons. The number of halogens is 1. The first-order chi connectivity index (χ1) is 15.9. The first-order valence-electron chi connectivity index (χ1n) is 10.8. The van der Waals surface area contributed by atoms with E-state index in [2.05, 4.69) is 15.0 Å². The number of hydrogen-bond donors (Lipinski definition) is 2. The van der Waals surface area contributed by atoms with Gasteiger partial charge in [-0.05, 0) is 49.2 Å². The lowest BCUT2D eigenvalue weighted by Crippen LogP contribution is -2.43. The van der Waals surface area contributed by atoms with E-state index in [9.17, 15) is 19.1 Å². The van der Waals surface area contributed by atoms with Gasteiger partial charge in [0.2, 0.25) is 0 Å². The molecular weight excluding hydrogens is 431 g/mol. The van der Waals surface area contributed by atoms with Gasteiger partial charge in [-0.3, -0.25) is 9.59 Å². The Labute approximate surface area is 192 Å². The molecule has 2 aromatic carbocycles. The number of likely N-dealkylation sites (tertiary alicyclic amines) is 1. The molecule has 9 heteroatoms. The van der Waals surface area contributed by atoms with E-state index in [0.29, 0.717) is 18.0 Å². The van der Waals surface area contributed by atoms with Crippen LogP contribution in [0.4, 0.5) is 4.39 Å². The third-order valence-corrected chi connectivity index (χ3v) is 5.30. The number of amides is 1. The zero-order valence-corrected chi connectivity index (χ0v) is 18.5. The largest absolute Gasteiger partial charge is 0.490 e. The second kappa shape index (κ2) is 12.2. The van der Waals surface area contributed by atoms with Gasteiger partial charge in [0, 0.05) is 19.6 Å². The van der Waals surface area contributed by atoms with Gasteiger partial charge in [-0.15, -0.1) is 0 Å². The minimum absolute atomic E-state index is 0.0211. The Morgan fingerprint density at radius 1 is 1.15 bits per heavy atom. The van der Waals surface area contributed by atoms with Crippen LogP contribution in [0.15, 0.2) is 48.5 Å². The van der Waals surface area contributed by atoms with Crippen molar-refractivity contribution in [3.63, 3.8) is 0 Å². The molecule has 0 aromatic heterocycles. The predicted molar refractivity (Wildman–Crippen MR) is 119 cm³/mol. The third kappa shape index (κ3) is 7.73. The smallest absolute Gasteiger partial charge is 0.325 e. The molecule has 1 aliphatic heterocycles. The molecule has 1 saturated heterocycles.